The van der Waals surface area contributed by atoms with E-state index in [1.54, 1.807) is 25.8 Å². The van der Waals surface area contributed by atoms with Crippen molar-refractivity contribution in [3.8, 4) is 0 Å². The Balaban J connectivity index is 2.20. The van der Waals surface area contributed by atoms with Gasteiger partial charge in [-0.05, 0) is 26.7 Å². The zero-order chi connectivity index (χ0) is 15.1. The number of carboxylic acid groups (broad SMARTS) is 1. The molecule has 2 fully saturated rings. The van der Waals surface area contributed by atoms with E-state index in [0.717, 1.165) is 0 Å². The van der Waals surface area contributed by atoms with E-state index in [0.29, 0.717) is 32.5 Å². The predicted molar refractivity (Wildman–Crippen MR) is 71.2 cm³/mol. The van der Waals surface area contributed by atoms with Gasteiger partial charge in [0.25, 0.3) is 0 Å². The molecular weight excluding hydrogens is 262 g/mol. The molecule has 2 rings (SSSR count). The fourth-order valence-corrected chi connectivity index (χ4v) is 2.96. The summed E-state index contributed by atoms with van der Waals surface area (Å²) >= 11 is 0. The molecule has 7 nitrogen and oxygen atoms in total. The predicted octanol–water partition coefficient (Wildman–Crippen LogP) is 0.208. The van der Waals surface area contributed by atoms with Gasteiger partial charge >= 0.3 is 12.0 Å². The van der Waals surface area contributed by atoms with E-state index in [1.165, 1.54) is 9.80 Å². The summed E-state index contributed by atoms with van der Waals surface area (Å²) in [4.78, 5) is 40.5. The second kappa shape index (κ2) is 4.96. The molecule has 0 radical (unpaired) electrons. The van der Waals surface area contributed by atoms with E-state index in [1.807, 2.05) is 0 Å². The molecule has 0 unspecified atom stereocenters. The molecule has 0 aliphatic carbocycles. The lowest BCUT2D eigenvalue weighted by Crippen LogP contribution is -2.66. The van der Waals surface area contributed by atoms with Gasteiger partial charge in [0, 0.05) is 26.7 Å². The number of hydrogen-bond acceptors (Lipinski definition) is 3. The minimum Gasteiger partial charge on any atom is -0.480 e. The maximum absolute atomic E-state index is 12.6. The van der Waals surface area contributed by atoms with Crippen LogP contribution in [0.2, 0.25) is 0 Å². The van der Waals surface area contributed by atoms with Gasteiger partial charge in [-0.2, -0.15) is 0 Å². The average molecular weight is 283 g/mol. The van der Waals surface area contributed by atoms with E-state index in [2.05, 4.69) is 0 Å². The fourth-order valence-electron chi connectivity index (χ4n) is 2.96. The molecule has 2 heterocycles. The molecule has 0 aromatic carbocycles. The molecule has 1 N–H and O–H groups in total. The molecule has 2 aliphatic rings. The Morgan fingerprint density at radius 1 is 1.25 bits per heavy atom. The van der Waals surface area contributed by atoms with E-state index < -0.39 is 17.6 Å². The zero-order valence-corrected chi connectivity index (χ0v) is 12.1. The molecule has 0 aromatic rings. The number of urea groups is 1. The molecule has 2 saturated heterocycles. The van der Waals surface area contributed by atoms with Crippen LogP contribution in [0.25, 0.3) is 0 Å². The number of hydrogen-bond donors (Lipinski definition) is 1. The lowest BCUT2D eigenvalue weighted by molar-refractivity contribution is -0.145. The topological polar surface area (TPSA) is 81.2 Å². The van der Waals surface area contributed by atoms with Crippen LogP contribution in [0.4, 0.5) is 4.79 Å². The van der Waals surface area contributed by atoms with Crippen LogP contribution in [-0.2, 0) is 9.59 Å². The van der Waals surface area contributed by atoms with Gasteiger partial charge in [0.15, 0.2) is 0 Å². The van der Waals surface area contributed by atoms with Crippen LogP contribution in [0.15, 0.2) is 0 Å². The van der Waals surface area contributed by atoms with Crippen LogP contribution in [0.3, 0.4) is 0 Å². The van der Waals surface area contributed by atoms with Crippen LogP contribution < -0.4 is 0 Å². The van der Waals surface area contributed by atoms with E-state index >= 15 is 0 Å². The average Bonchev–Trinajstić information content (AvgIpc) is 2.85. The summed E-state index contributed by atoms with van der Waals surface area (Å²) < 4.78 is 0. The number of carbonyl (C=O) groups is 3. The summed E-state index contributed by atoms with van der Waals surface area (Å²) in [7, 11) is 1.71. The first-order chi connectivity index (χ1) is 9.26. The number of likely N-dealkylation sites (tertiary alicyclic amines) is 1. The third-order valence-electron chi connectivity index (χ3n) is 4.22. The highest BCUT2D eigenvalue weighted by molar-refractivity contribution is 5.92. The molecule has 7 heteroatoms. The van der Waals surface area contributed by atoms with Gasteiger partial charge in [-0.1, -0.05) is 0 Å². The van der Waals surface area contributed by atoms with Gasteiger partial charge in [-0.15, -0.1) is 0 Å². The Morgan fingerprint density at radius 2 is 1.90 bits per heavy atom. The molecule has 1 atom stereocenters. The van der Waals surface area contributed by atoms with Gasteiger partial charge < -0.3 is 19.8 Å². The highest BCUT2D eigenvalue weighted by atomic mass is 16.4. The molecule has 2 aliphatic heterocycles. The number of carboxylic acids is 1. The Bertz CT molecular complexity index is 449. The van der Waals surface area contributed by atoms with Crippen LogP contribution in [0.1, 0.15) is 26.7 Å². The smallest absolute Gasteiger partial charge is 0.326 e. The lowest BCUT2D eigenvalue weighted by atomic mass is 9.98. The Morgan fingerprint density at radius 3 is 2.50 bits per heavy atom. The van der Waals surface area contributed by atoms with Crippen molar-refractivity contribution in [3.05, 3.63) is 0 Å². The van der Waals surface area contributed by atoms with Gasteiger partial charge in [-0.25, -0.2) is 9.59 Å². The fraction of sp³-hybridized carbons (Fsp3) is 0.769. The summed E-state index contributed by atoms with van der Waals surface area (Å²) in [6.45, 7) is 4.74. The quantitative estimate of drug-likeness (QED) is 0.746. The van der Waals surface area contributed by atoms with Crippen molar-refractivity contribution in [2.24, 2.45) is 0 Å². The van der Waals surface area contributed by atoms with Crippen molar-refractivity contribution in [3.63, 3.8) is 0 Å². The maximum Gasteiger partial charge on any atom is 0.326 e. The minimum absolute atomic E-state index is 0.122. The number of nitrogens with zero attached hydrogens (tertiary/aromatic N) is 3. The number of rotatable bonds is 1. The number of carbonyl (C=O) groups excluding carboxylic acids is 2. The molecular formula is C13H21N3O4. The standard InChI is InChI=1S/C13H21N3O4/c1-13(2)11(19)14(3)7-8-16(13)12(20)15-6-4-5-9(15)10(17)18/h9H,4-8H2,1-3H3,(H,17,18)/t9-/m0/s1. The highest BCUT2D eigenvalue weighted by Gasteiger charge is 2.46. The van der Waals surface area contributed by atoms with Gasteiger partial charge in [-0.3, -0.25) is 4.79 Å². The molecule has 0 saturated carbocycles. The first-order valence-corrected chi connectivity index (χ1v) is 6.83. The Labute approximate surface area is 118 Å². The number of piperazine rings is 1. The summed E-state index contributed by atoms with van der Waals surface area (Å²) in [5.74, 6) is -1.10. The van der Waals surface area contributed by atoms with Crippen LogP contribution in [0.5, 0.6) is 0 Å². The number of aliphatic carboxylic acids is 1. The van der Waals surface area contributed by atoms with E-state index in [-0.39, 0.29) is 11.9 Å². The first kappa shape index (κ1) is 14.6. The Hall–Kier alpha value is -1.79. The van der Waals surface area contributed by atoms with Crippen molar-refractivity contribution in [2.45, 2.75) is 38.3 Å². The third-order valence-corrected chi connectivity index (χ3v) is 4.22. The largest absolute Gasteiger partial charge is 0.480 e. The number of likely N-dealkylation sites (N-methyl/N-ethyl adjacent to an activating group) is 1. The number of amides is 3. The Kier molecular flexibility index (Phi) is 3.62. The summed E-state index contributed by atoms with van der Waals surface area (Å²) in [5, 5.41) is 9.17. The third kappa shape index (κ3) is 2.21. The van der Waals surface area contributed by atoms with Gasteiger partial charge in [0.2, 0.25) is 5.91 Å². The SMILES string of the molecule is CN1CCN(C(=O)N2CCC[C@H]2C(=O)O)C(C)(C)C1=O. The molecule has 112 valence electrons. The highest BCUT2D eigenvalue weighted by Crippen LogP contribution is 2.26. The van der Waals surface area contributed by atoms with Crippen molar-refractivity contribution in [2.75, 3.05) is 26.7 Å². The normalized spacial score (nSPS) is 26.1. The van der Waals surface area contributed by atoms with E-state index in [9.17, 15) is 14.4 Å². The molecule has 3 amide bonds. The van der Waals surface area contributed by atoms with Gasteiger partial charge in [0.05, 0.1) is 0 Å². The van der Waals surface area contributed by atoms with E-state index in [4.69, 9.17) is 5.11 Å². The van der Waals surface area contributed by atoms with Crippen molar-refractivity contribution < 1.29 is 19.5 Å². The van der Waals surface area contributed by atoms with Crippen molar-refractivity contribution >= 4 is 17.9 Å². The van der Waals surface area contributed by atoms with Gasteiger partial charge in [0.1, 0.15) is 11.6 Å². The molecule has 0 aromatic heterocycles. The van der Waals surface area contributed by atoms with Crippen LogP contribution in [0, 0.1) is 0 Å². The van der Waals surface area contributed by atoms with Crippen LogP contribution in [-0.4, -0.2) is 76.0 Å². The zero-order valence-electron chi connectivity index (χ0n) is 12.1. The van der Waals surface area contributed by atoms with Crippen molar-refractivity contribution in [1.29, 1.82) is 0 Å². The maximum atomic E-state index is 12.6. The van der Waals surface area contributed by atoms with Crippen LogP contribution >= 0.6 is 0 Å². The summed E-state index contributed by atoms with van der Waals surface area (Å²) in [5.41, 5.74) is -0.935. The second-order valence-corrected chi connectivity index (χ2v) is 5.91. The van der Waals surface area contributed by atoms with Crippen molar-refractivity contribution in [1.82, 2.24) is 14.7 Å². The molecule has 20 heavy (non-hydrogen) atoms. The summed E-state index contributed by atoms with van der Waals surface area (Å²) in [6, 6.07) is -1.12. The summed E-state index contributed by atoms with van der Waals surface area (Å²) in [6.07, 6.45) is 1.16. The molecule has 0 spiro atoms. The first-order valence-electron chi connectivity index (χ1n) is 6.83. The second-order valence-electron chi connectivity index (χ2n) is 5.91. The lowest BCUT2D eigenvalue weighted by Gasteiger charge is -2.46. The monoisotopic (exact) mass is 283 g/mol. The molecule has 0 bridgehead atoms. The minimum atomic E-state index is -0.978.